The summed E-state index contributed by atoms with van der Waals surface area (Å²) in [7, 11) is 1.29. The van der Waals surface area contributed by atoms with Crippen molar-refractivity contribution in [1.82, 2.24) is 10.1 Å². The van der Waals surface area contributed by atoms with E-state index < -0.39 is 30.5 Å². The molecule has 0 unspecified atom stereocenters. The Labute approximate surface area is 172 Å². The number of hydrogen-bond acceptors (Lipinski definition) is 7. The van der Waals surface area contributed by atoms with Gasteiger partial charge in [-0.1, -0.05) is 41.6 Å². The molecule has 3 aromatic rings. The van der Waals surface area contributed by atoms with Crippen LogP contribution in [0.5, 0.6) is 0 Å². The van der Waals surface area contributed by atoms with Crippen molar-refractivity contribution in [2.75, 3.05) is 13.7 Å². The van der Waals surface area contributed by atoms with E-state index in [1.54, 1.807) is 12.1 Å². The number of ether oxygens (including phenoxy) is 2. The second kappa shape index (κ2) is 8.36. The quantitative estimate of drug-likeness (QED) is 0.596. The lowest BCUT2D eigenvalue weighted by Crippen LogP contribution is -2.50. The average Bonchev–Trinajstić information content (AvgIpc) is 3.18. The van der Waals surface area contributed by atoms with E-state index in [-0.39, 0.29) is 13.0 Å². The lowest BCUT2D eigenvalue weighted by atomic mass is 9.94. The van der Waals surface area contributed by atoms with Crippen LogP contribution in [0.15, 0.2) is 53.1 Å². The van der Waals surface area contributed by atoms with Gasteiger partial charge in [0.1, 0.15) is 11.7 Å². The summed E-state index contributed by atoms with van der Waals surface area (Å²) in [5, 5.41) is 4.61. The van der Waals surface area contributed by atoms with Crippen LogP contribution in [0.1, 0.15) is 16.8 Å². The van der Waals surface area contributed by atoms with Crippen molar-refractivity contribution in [2.45, 2.75) is 25.4 Å². The monoisotopic (exact) mass is 408 g/mol. The van der Waals surface area contributed by atoms with Crippen LogP contribution in [0, 0.1) is 0 Å². The summed E-state index contributed by atoms with van der Waals surface area (Å²) < 4.78 is 15.2. The van der Waals surface area contributed by atoms with Gasteiger partial charge in [-0.15, -0.1) is 0 Å². The first kappa shape index (κ1) is 19.6. The van der Waals surface area contributed by atoms with E-state index in [1.807, 2.05) is 36.4 Å². The van der Waals surface area contributed by atoms with Crippen LogP contribution in [0.3, 0.4) is 0 Å². The summed E-state index contributed by atoms with van der Waals surface area (Å²) in [6.45, 7) is -0.218. The summed E-state index contributed by atoms with van der Waals surface area (Å²) >= 11 is 0. The summed E-state index contributed by atoms with van der Waals surface area (Å²) in [5.74, 6) is -1.56. The molecule has 2 heterocycles. The van der Waals surface area contributed by atoms with E-state index >= 15 is 0 Å². The molecule has 1 aromatic heterocycles. The molecule has 1 atom stereocenters. The summed E-state index contributed by atoms with van der Waals surface area (Å²) in [6, 6.07) is 14.0. The van der Waals surface area contributed by atoms with Gasteiger partial charge in [0.25, 0.3) is 5.91 Å². The van der Waals surface area contributed by atoms with Crippen LogP contribution in [0.2, 0.25) is 0 Å². The number of nitrogens with zero attached hydrogens (tertiary/aromatic N) is 2. The number of aromatic nitrogens is 1. The molecule has 30 heavy (non-hydrogen) atoms. The molecule has 0 fully saturated rings. The first-order valence-electron chi connectivity index (χ1n) is 9.50. The second-order valence-electron chi connectivity index (χ2n) is 7.00. The Morgan fingerprint density at radius 2 is 1.83 bits per heavy atom. The molecule has 1 aliphatic rings. The summed E-state index contributed by atoms with van der Waals surface area (Å²) in [5.41, 5.74) is 2.96. The topological polar surface area (TPSA) is 98.9 Å². The number of esters is 2. The van der Waals surface area contributed by atoms with Crippen LogP contribution in [-0.4, -0.2) is 47.7 Å². The number of carbonyl (C=O) groups is 3. The number of fused-ring (bicyclic) bond motifs is 2. The fraction of sp³-hybridized carbons (Fsp3) is 0.273. The average molecular weight is 408 g/mol. The molecule has 0 bridgehead atoms. The zero-order valence-corrected chi connectivity index (χ0v) is 16.4. The van der Waals surface area contributed by atoms with E-state index in [0.717, 1.165) is 16.5 Å². The Bertz CT molecular complexity index is 1110. The van der Waals surface area contributed by atoms with Gasteiger partial charge >= 0.3 is 11.9 Å². The number of benzene rings is 2. The fourth-order valence-corrected chi connectivity index (χ4v) is 3.61. The smallest absolute Gasteiger partial charge is 0.328 e. The molecule has 4 rings (SSSR count). The lowest BCUT2D eigenvalue weighted by molar-refractivity contribution is -0.159. The molecular weight excluding hydrogens is 388 g/mol. The third-order valence-electron chi connectivity index (χ3n) is 5.16. The van der Waals surface area contributed by atoms with Gasteiger partial charge in [0.05, 0.1) is 13.5 Å². The van der Waals surface area contributed by atoms with Crippen LogP contribution < -0.4 is 0 Å². The normalized spacial score (nSPS) is 15.5. The molecular formula is C22H20N2O6. The summed E-state index contributed by atoms with van der Waals surface area (Å²) in [4.78, 5) is 38.6. The number of carbonyl (C=O) groups excluding carboxylic acids is 3. The van der Waals surface area contributed by atoms with Crippen LogP contribution in [0.25, 0.3) is 11.0 Å². The number of para-hydroxylation sites is 1. The predicted octanol–water partition coefficient (Wildman–Crippen LogP) is 2.04. The Hall–Kier alpha value is -3.68. The summed E-state index contributed by atoms with van der Waals surface area (Å²) in [6.07, 6.45) is 0.237. The molecule has 154 valence electrons. The van der Waals surface area contributed by atoms with E-state index in [9.17, 15) is 14.4 Å². The van der Waals surface area contributed by atoms with Gasteiger partial charge in [-0.2, -0.15) is 0 Å². The molecule has 0 N–H and O–H groups in total. The highest BCUT2D eigenvalue weighted by atomic mass is 16.5. The first-order chi connectivity index (χ1) is 14.6. The molecule has 0 spiro atoms. The SMILES string of the molecule is COC(=O)[C@@H]1Cc2ccccc2CN1C(=O)COC(=O)Cc1noc2ccccc12. The van der Waals surface area contributed by atoms with Gasteiger partial charge in [0.2, 0.25) is 0 Å². The highest BCUT2D eigenvalue weighted by molar-refractivity contribution is 5.88. The zero-order valence-electron chi connectivity index (χ0n) is 16.4. The Balaban J connectivity index is 1.42. The number of hydrogen-bond donors (Lipinski definition) is 0. The van der Waals surface area contributed by atoms with Crippen LogP contribution in [0.4, 0.5) is 0 Å². The van der Waals surface area contributed by atoms with E-state index in [2.05, 4.69) is 5.16 Å². The third-order valence-corrected chi connectivity index (χ3v) is 5.16. The van der Waals surface area contributed by atoms with Crippen molar-refractivity contribution in [2.24, 2.45) is 0 Å². The Kier molecular flexibility index (Phi) is 5.47. The van der Waals surface area contributed by atoms with Gasteiger partial charge in [-0.05, 0) is 23.3 Å². The standard InChI is InChI=1S/C22H20N2O6/c1-28-22(27)18-10-14-6-2-3-7-15(14)12-24(18)20(25)13-29-21(26)11-17-16-8-4-5-9-19(16)30-23-17/h2-9,18H,10-13H2,1H3/t18-/m0/s1. The minimum Gasteiger partial charge on any atom is -0.467 e. The van der Waals surface area contributed by atoms with Crippen LogP contribution >= 0.6 is 0 Å². The fourth-order valence-electron chi connectivity index (χ4n) is 3.61. The Morgan fingerprint density at radius 1 is 1.10 bits per heavy atom. The van der Waals surface area contributed by atoms with Crippen LogP contribution in [-0.2, 0) is 43.2 Å². The maximum absolute atomic E-state index is 12.8. The number of amides is 1. The van der Waals surface area contributed by atoms with Gasteiger partial charge in [-0.3, -0.25) is 9.59 Å². The van der Waals surface area contributed by atoms with Gasteiger partial charge in [-0.25, -0.2) is 4.79 Å². The second-order valence-corrected chi connectivity index (χ2v) is 7.00. The molecule has 0 radical (unpaired) electrons. The van der Waals surface area contributed by atoms with Gasteiger partial charge < -0.3 is 18.9 Å². The van der Waals surface area contributed by atoms with Crippen molar-refractivity contribution in [3.05, 3.63) is 65.4 Å². The molecule has 2 aromatic carbocycles. The highest BCUT2D eigenvalue weighted by Crippen LogP contribution is 2.24. The minimum atomic E-state index is -0.754. The third kappa shape index (κ3) is 3.89. The molecule has 0 saturated carbocycles. The van der Waals surface area contributed by atoms with Crippen molar-refractivity contribution in [3.8, 4) is 0 Å². The van der Waals surface area contributed by atoms with Crippen molar-refractivity contribution < 1.29 is 28.4 Å². The van der Waals surface area contributed by atoms with Crippen molar-refractivity contribution in [3.63, 3.8) is 0 Å². The van der Waals surface area contributed by atoms with E-state index in [4.69, 9.17) is 14.0 Å². The predicted molar refractivity (Wildman–Crippen MR) is 105 cm³/mol. The maximum Gasteiger partial charge on any atom is 0.328 e. The molecule has 8 heteroatoms. The van der Waals surface area contributed by atoms with Crippen molar-refractivity contribution >= 4 is 28.8 Å². The number of rotatable bonds is 5. The largest absolute Gasteiger partial charge is 0.467 e. The maximum atomic E-state index is 12.8. The molecule has 1 amide bonds. The minimum absolute atomic E-state index is 0.118. The molecule has 1 aliphatic heterocycles. The van der Waals surface area contributed by atoms with Crippen molar-refractivity contribution in [1.29, 1.82) is 0 Å². The van der Waals surface area contributed by atoms with E-state index in [1.165, 1.54) is 12.0 Å². The lowest BCUT2D eigenvalue weighted by Gasteiger charge is -2.35. The van der Waals surface area contributed by atoms with E-state index in [0.29, 0.717) is 17.7 Å². The molecule has 0 saturated heterocycles. The highest BCUT2D eigenvalue weighted by Gasteiger charge is 2.35. The zero-order chi connectivity index (χ0) is 21.1. The number of methoxy groups -OCH3 is 1. The molecule has 0 aliphatic carbocycles. The van der Waals surface area contributed by atoms with Gasteiger partial charge in [0.15, 0.2) is 12.2 Å². The van der Waals surface area contributed by atoms with Gasteiger partial charge in [0, 0.05) is 18.4 Å². The molecule has 8 nitrogen and oxygen atoms in total. The Morgan fingerprint density at radius 3 is 2.63 bits per heavy atom. The first-order valence-corrected chi connectivity index (χ1v) is 9.50.